The van der Waals surface area contributed by atoms with Gasteiger partial charge in [0.05, 0.1) is 13.0 Å². The van der Waals surface area contributed by atoms with Crippen molar-refractivity contribution < 1.29 is 19.0 Å². The molecule has 0 saturated carbocycles. The van der Waals surface area contributed by atoms with Crippen molar-refractivity contribution in [2.24, 2.45) is 5.92 Å². The lowest BCUT2D eigenvalue weighted by molar-refractivity contribution is -0.126. The number of nitrogens with zero attached hydrogens (tertiary/aromatic N) is 1. The summed E-state index contributed by atoms with van der Waals surface area (Å²) in [5.74, 6) is 1.95. The third-order valence-electron chi connectivity index (χ3n) is 5.09. The Bertz CT molecular complexity index is 1010. The van der Waals surface area contributed by atoms with Crippen LogP contribution in [-0.2, 0) is 24.4 Å². The van der Waals surface area contributed by atoms with Crippen LogP contribution < -0.4 is 19.5 Å². The van der Waals surface area contributed by atoms with Gasteiger partial charge in [-0.3, -0.25) is 9.78 Å². The molecule has 0 spiro atoms. The van der Waals surface area contributed by atoms with Crippen LogP contribution in [0.4, 0.5) is 0 Å². The maximum Gasteiger partial charge on any atom is 0.227 e. The second kappa shape index (κ2) is 9.31. The van der Waals surface area contributed by atoms with Gasteiger partial charge in [-0.1, -0.05) is 24.3 Å². The van der Waals surface area contributed by atoms with E-state index in [1.54, 1.807) is 19.5 Å². The van der Waals surface area contributed by atoms with Gasteiger partial charge in [-0.15, -0.1) is 0 Å². The van der Waals surface area contributed by atoms with Gasteiger partial charge in [-0.25, -0.2) is 0 Å². The highest BCUT2D eigenvalue weighted by Gasteiger charge is 2.25. The number of para-hydroxylation sites is 1. The van der Waals surface area contributed by atoms with Crippen molar-refractivity contribution in [3.63, 3.8) is 0 Å². The molecule has 6 heteroatoms. The first-order valence-electron chi connectivity index (χ1n) is 9.90. The molecule has 1 unspecified atom stereocenters. The van der Waals surface area contributed by atoms with E-state index in [0.717, 1.165) is 22.4 Å². The number of aromatic nitrogens is 1. The van der Waals surface area contributed by atoms with Crippen LogP contribution in [0, 0.1) is 5.92 Å². The highest BCUT2D eigenvalue weighted by atomic mass is 16.5. The lowest BCUT2D eigenvalue weighted by Gasteiger charge is -2.24. The summed E-state index contributed by atoms with van der Waals surface area (Å²) < 4.78 is 17.1. The van der Waals surface area contributed by atoms with E-state index in [1.165, 1.54) is 0 Å². The van der Waals surface area contributed by atoms with Crippen LogP contribution >= 0.6 is 0 Å². The number of ether oxygens (including phenoxy) is 3. The summed E-state index contributed by atoms with van der Waals surface area (Å²) in [5.41, 5.74) is 3.04. The Hall–Kier alpha value is -3.54. The average molecular weight is 404 g/mol. The minimum absolute atomic E-state index is 0.0125. The molecule has 154 valence electrons. The third-order valence-corrected chi connectivity index (χ3v) is 5.09. The summed E-state index contributed by atoms with van der Waals surface area (Å²) >= 11 is 0. The quantitative estimate of drug-likeness (QED) is 0.652. The van der Waals surface area contributed by atoms with E-state index in [9.17, 15) is 4.79 Å². The van der Waals surface area contributed by atoms with Crippen LogP contribution in [0.2, 0.25) is 0 Å². The van der Waals surface area contributed by atoms with E-state index in [1.807, 2.05) is 54.6 Å². The van der Waals surface area contributed by atoms with Crippen LogP contribution in [0.25, 0.3) is 0 Å². The molecule has 2 heterocycles. The minimum Gasteiger partial charge on any atom is -0.493 e. The molecule has 1 aromatic heterocycles. The zero-order valence-electron chi connectivity index (χ0n) is 16.8. The highest BCUT2D eigenvalue weighted by Crippen LogP contribution is 2.29. The Labute approximate surface area is 175 Å². The summed E-state index contributed by atoms with van der Waals surface area (Å²) in [6.07, 6.45) is 4.16. The number of methoxy groups -OCH3 is 1. The Morgan fingerprint density at radius 2 is 1.93 bits per heavy atom. The Morgan fingerprint density at radius 1 is 1.10 bits per heavy atom. The predicted molar refractivity (Wildman–Crippen MR) is 113 cm³/mol. The molecule has 4 rings (SSSR count). The molecule has 1 aliphatic rings. The van der Waals surface area contributed by atoms with Crippen molar-refractivity contribution in [1.29, 1.82) is 0 Å². The number of hydrogen-bond acceptors (Lipinski definition) is 5. The number of pyridine rings is 1. The first-order valence-corrected chi connectivity index (χ1v) is 9.90. The second-order valence-corrected chi connectivity index (χ2v) is 7.17. The van der Waals surface area contributed by atoms with Crippen molar-refractivity contribution in [2.75, 3.05) is 13.7 Å². The molecule has 1 amide bonds. The van der Waals surface area contributed by atoms with Gasteiger partial charge in [-0.05, 0) is 53.4 Å². The third kappa shape index (κ3) is 4.71. The fraction of sp³-hybridized carbons (Fsp3) is 0.250. The van der Waals surface area contributed by atoms with Crippen molar-refractivity contribution in [2.45, 2.75) is 19.6 Å². The second-order valence-electron chi connectivity index (χ2n) is 7.17. The number of hydrogen-bond donors (Lipinski definition) is 1. The summed E-state index contributed by atoms with van der Waals surface area (Å²) in [5, 5.41) is 3.01. The summed E-state index contributed by atoms with van der Waals surface area (Å²) in [4.78, 5) is 16.6. The molecule has 0 saturated heterocycles. The Kier molecular flexibility index (Phi) is 6.13. The van der Waals surface area contributed by atoms with Crippen molar-refractivity contribution in [1.82, 2.24) is 10.3 Å². The molecule has 2 aromatic carbocycles. The van der Waals surface area contributed by atoms with Crippen LogP contribution in [-0.4, -0.2) is 24.6 Å². The lowest BCUT2D eigenvalue weighted by Crippen LogP contribution is -2.37. The first kappa shape index (κ1) is 19.8. The predicted octanol–water partition coefficient (Wildman–Crippen LogP) is 3.54. The van der Waals surface area contributed by atoms with E-state index in [4.69, 9.17) is 14.2 Å². The molecule has 0 radical (unpaired) electrons. The fourth-order valence-electron chi connectivity index (χ4n) is 3.41. The van der Waals surface area contributed by atoms with Gasteiger partial charge >= 0.3 is 0 Å². The van der Waals surface area contributed by atoms with Gasteiger partial charge in [0, 0.05) is 18.9 Å². The van der Waals surface area contributed by atoms with E-state index in [2.05, 4.69) is 10.3 Å². The SMILES string of the molecule is COc1cc(CNC(=O)C2COc3ccccc3C2)ccc1OCc1ccncc1. The first-order chi connectivity index (χ1) is 14.7. The van der Waals surface area contributed by atoms with Crippen LogP contribution in [0.3, 0.4) is 0 Å². The number of carbonyl (C=O) groups is 1. The molecule has 0 aliphatic carbocycles. The Balaban J connectivity index is 1.34. The molecule has 1 N–H and O–H groups in total. The van der Waals surface area contributed by atoms with E-state index < -0.39 is 0 Å². The molecule has 6 nitrogen and oxygen atoms in total. The van der Waals surface area contributed by atoms with Crippen LogP contribution in [0.5, 0.6) is 17.2 Å². The molecule has 0 fully saturated rings. The molecule has 0 bridgehead atoms. The van der Waals surface area contributed by atoms with Gasteiger partial charge < -0.3 is 19.5 Å². The highest BCUT2D eigenvalue weighted by molar-refractivity contribution is 5.79. The van der Waals surface area contributed by atoms with Crippen molar-refractivity contribution >= 4 is 5.91 Å². The Morgan fingerprint density at radius 3 is 2.77 bits per heavy atom. The number of fused-ring (bicyclic) bond motifs is 1. The molecule has 3 aromatic rings. The van der Waals surface area contributed by atoms with Gasteiger partial charge in [0.15, 0.2) is 11.5 Å². The standard InChI is InChI=1S/C24H24N2O4/c1-28-23-12-18(6-7-22(23)29-15-17-8-10-25-11-9-17)14-26-24(27)20-13-19-4-2-3-5-21(19)30-16-20/h2-12,20H,13-16H2,1H3,(H,26,27). The average Bonchev–Trinajstić information content (AvgIpc) is 2.81. The molecule has 1 aliphatic heterocycles. The van der Waals surface area contributed by atoms with Gasteiger partial charge in [0.2, 0.25) is 5.91 Å². The molecular formula is C24H24N2O4. The van der Waals surface area contributed by atoms with Crippen LogP contribution in [0.15, 0.2) is 67.0 Å². The molecular weight excluding hydrogens is 380 g/mol. The zero-order valence-corrected chi connectivity index (χ0v) is 16.8. The van der Waals surface area contributed by atoms with Crippen molar-refractivity contribution in [3.8, 4) is 17.2 Å². The van der Waals surface area contributed by atoms with Crippen molar-refractivity contribution in [3.05, 3.63) is 83.7 Å². The largest absolute Gasteiger partial charge is 0.493 e. The smallest absolute Gasteiger partial charge is 0.227 e. The normalized spacial score (nSPS) is 14.9. The minimum atomic E-state index is -0.190. The summed E-state index contributed by atoms with van der Waals surface area (Å²) in [7, 11) is 1.60. The van der Waals surface area contributed by atoms with E-state index in [-0.39, 0.29) is 11.8 Å². The number of carbonyl (C=O) groups excluding carboxylic acids is 1. The van der Waals surface area contributed by atoms with Gasteiger partial charge in [0.25, 0.3) is 0 Å². The number of amides is 1. The summed E-state index contributed by atoms with van der Waals surface area (Å²) in [6, 6.07) is 17.3. The maximum absolute atomic E-state index is 12.6. The summed E-state index contributed by atoms with van der Waals surface area (Å²) in [6.45, 7) is 1.24. The van der Waals surface area contributed by atoms with E-state index >= 15 is 0 Å². The van der Waals surface area contributed by atoms with E-state index in [0.29, 0.717) is 37.7 Å². The molecule has 30 heavy (non-hydrogen) atoms. The zero-order chi connectivity index (χ0) is 20.8. The topological polar surface area (TPSA) is 69.7 Å². The van der Waals surface area contributed by atoms with Gasteiger partial charge in [-0.2, -0.15) is 0 Å². The van der Waals surface area contributed by atoms with Gasteiger partial charge in [0.1, 0.15) is 19.0 Å². The maximum atomic E-state index is 12.6. The monoisotopic (exact) mass is 404 g/mol. The fourth-order valence-corrected chi connectivity index (χ4v) is 3.41. The number of rotatable bonds is 7. The number of nitrogens with one attached hydrogen (secondary N) is 1. The number of benzene rings is 2. The molecule has 1 atom stereocenters. The van der Waals surface area contributed by atoms with Crippen LogP contribution in [0.1, 0.15) is 16.7 Å². The lowest BCUT2D eigenvalue weighted by atomic mass is 9.96.